The van der Waals surface area contributed by atoms with Gasteiger partial charge in [0.1, 0.15) is 17.8 Å². The van der Waals surface area contributed by atoms with Crippen molar-refractivity contribution >= 4 is 44.8 Å². The number of carbonyl (C=O) groups excluding carboxylic acids is 1. The summed E-state index contributed by atoms with van der Waals surface area (Å²) < 4.78 is 29.9. The summed E-state index contributed by atoms with van der Waals surface area (Å²) in [6, 6.07) is 7.88. The van der Waals surface area contributed by atoms with Crippen molar-refractivity contribution in [3.8, 4) is 0 Å². The number of aldehydes is 1. The number of unbranched alkanes of at least 4 members (excludes halogenated alkanes) is 4. The van der Waals surface area contributed by atoms with Gasteiger partial charge in [0.25, 0.3) is 10.0 Å². The van der Waals surface area contributed by atoms with Crippen LogP contribution in [0.25, 0.3) is 11.0 Å². The molecule has 10 nitrogen and oxygen atoms in total. The molecule has 0 bridgehead atoms. The SMILES string of the molecule is CNN(C)c1cc2cnc(NS(=O)(=O)c3ccc(N)cc3)nc2n1CCCCCCC=O. The fraction of sp³-hybridized carbons (Fsp3) is 0.381. The van der Waals surface area contributed by atoms with Crippen molar-refractivity contribution in [3.63, 3.8) is 0 Å². The lowest BCUT2D eigenvalue weighted by atomic mass is 10.1. The Balaban J connectivity index is 1.86. The van der Waals surface area contributed by atoms with Gasteiger partial charge in [-0.15, -0.1) is 0 Å². The first kappa shape index (κ1) is 23.5. The number of hydrazine groups is 1. The number of benzene rings is 1. The zero-order valence-electron chi connectivity index (χ0n) is 18.3. The van der Waals surface area contributed by atoms with Crippen LogP contribution < -0.4 is 20.9 Å². The molecule has 0 unspecified atom stereocenters. The maximum Gasteiger partial charge on any atom is 0.264 e. The number of hydrogen-bond acceptors (Lipinski definition) is 8. The summed E-state index contributed by atoms with van der Waals surface area (Å²) in [5.74, 6) is 0.890. The van der Waals surface area contributed by atoms with Crippen molar-refractivity contribution in [2.45, 2.75) is 43.5 Å². The summed E-state index contributed by atoms with van der Waals surface area (Å²) >= 11 is 0. The monoisotopic (exact) mass is 459 g/mol. The Bertz CT molecular complexity index is 1160. The molecule has 0 aliphatic heterocycles. The molecular formula is C21H29N7O3S. The molecule has 0 aliphatic rings. The predicted molar refractivity (Wildman–Crippen MR) is 126 cm³/mol. The highest BCUT2D eigenvalue weighted by atomic mass is 32.2. The first-order chi connectivity index (χ1) is 15.4. The molecule has 3 aromatic rings. The number of rotatable bonds is 12. The largest absolute Gasteiger partial charge is 0.399 e. The minimum atomic E-state index is -3.85. The molecule has 0 atom stereocenters. The van der Waals surface area contributed by atoms with Crippen LogP contribution in [0.15, 0.2) is 41.4 Å². The van der Waals surface area contributed by atoms with Crippen LogP contribution in [0.5, 0.6) is 0 Å². The summed E-state index contributed by atoms with van der Waals surface area (Å²) in [5, 5.41) is 2.67. The van der Waals surface area contributed by atoms with E-state index in [0.717, 1.165) is 43.2 Å². The molecule has 0 fully saturated rings. The average molecular weight is 460 g/mol. The van der Waals surface area contributed by atoms with Gasteiger partial charge in [0, 0.05) is 44.3 Å². The Labute approximate surface area is 187 Å². The van der Waals surface area contributed by atoms with Gasteiger partial charge in [-0.2, -0.15) is 4.98 Å². The van der Waals surface area contributed by atoms with Gasteiger partial charge in [-0.3, -0.25) is 5.01 Å². The standard InChI is InChI=1S/C21H29N7O3S/c1-23-27(2)19-14-16-15-24-21(26-32(30,31)18-10-8-17(22)9-11-18)25-20(16)28(19)12-6-4-3-5-7-13-29/h8-11,13-15,23H,3-7,12,22H2,1-2H3,(H,24,25,26). The van der Waals surface area contributed by atoms with Crippen LogP contribution in [0, 0.1) is 0 Å². The van der Waals surface area contributed by atoms with E-state index in [1.165, 1.54) is 24.3 Å². The number of hydrogen-bond donors (Lipinski definition) is 3. The molecule has 2 aromatic heterocycles. The first-order valence-electron chi connectivity index (χ1n) is 10.4. The summed E-state index contributed by atoms with van der Waals surface area (Å²) in [5.41, 5.74) is 9.85. The van der Waals surface area contributed by atoms with E-state index in [4.69, 9.17) is 5.73 Å². The predicted octanol–water partition coefficient (Wildman–Crippen LogP) is 2.53. The molecule has 11 heteroatoms. The van der Waals surface area contributed by atoms with E-state index in [1.54, 1.807) is 6.20 Å². The average Bonchev–Trinajstić information content (AvgIpc) is 3.13. The third-order valence-electron chi connectivity index (χ3n) is 5.16. The van der Waals surface area contributed by atoms with Crippen molar-refractivity contribution in [1.29, 1.82) is 0 Å². The van der Waals surface area contributed by atoms with Gasteiger partial charge in [-0.05, 0) is 43.2 Å². The molecular weight excluding hydrogens is 430 g/mol. The minimum absolute atomic E-state index is 0.00156. The molecule has 0 aliphatic carbocycles. The van der Waals surface area contributed by atoms with Gasteiger partial charge in [0.05, 0.1) is 4.90 Å². The van der Waals surface area contributed by atoms with E-state index in [1.807, 2.05) is 29.7 Å². The third-order valence-corrected chi connectivity index (χ3v) is 6.51. The quantitative estimate of drug-likeness (QED) is 0.163. The highest BCUT2D eigenvalue weighted by Gasteiger charge is 2.18. The summed E-state index contributed by atoms with van der Waals surface area (Å²) in [6.45, 7) is 0.701. The number of nitrogens with one attached hydrogen (secondary N) is 2. The van der Waals surface area contributed by atoms with Crippen molar-refractivity contribution in [3.05, 3.63) is 36.5 Å². The van der Waals surface area contributed by atoms with Crippen LogP contribution in [-0.2, 0) is 21.4 Å². The van der Waals surface area contributed by atoms with Crippen molar-refractivity contribution in [1.82, 2.24) is 20.0 Å². The normalized spacial score (nSPS) is 11.6. The number of sulfonamides is 1. The fourth-order valence-electron chi connectivity index (χ4n) is 3.36. The van der Waals surface area contributed by atoms with Crippen LogP contribution in [-0.4, -0.2) is 43.3 Å². The summed E-state index contributed by atoms with van der Waals surface area (Å²) in [7, 11) is -0.132. The van der Waals surface area contributed by atoms with Gasteiger partial charge in [0.15, 0.2) is 0 Å². The van der Waals surface area contributed by atoms with E-state index in [2.05, 4.69) is 20.1 Å². The fourth-order valence-corrected chi connectivity index (χ4v) is 4.32. The zero-order chi connectivity index (χ0) is 23.1. The topological polar surface area (TPSA) is 135 Å². The maximum atomic E-state index is 12.7. The van der Waals surface area contributed by atoms with Crippen LogP contribution in [0.4, 0.5) is 17.5 Å². The number of fused-ring (bicyclic) bond motifs is 1. The van der Waals surface area contributed by atoms with Gasteiger partial charge >= 0.3 is 0 Å². The lowest BCUT2D eigenvalue weighted by molar-refractivity contribution is -0.107. The van der Waals surface area contributed by atoms with Gasteiger partial charge in [-0.1, -0.05) is 12.8 Å². The van der Waals surface area contributed by atoms with Gasteiger partial charge in [-0.25, -0.2) is 23.5 Å². The Morgan fingerprint density at radius 1 is 1.16 bits per heavy atom. The number of nitrogens with zero attached hydrogens (tertiary/aromatic N) is 4. The first-order valence-corrected chi connectivity index (χ1v) is 11.9. The lowest BCUT2D eigenvalue weighted by Crippen LogP contribution is -2.32. The molecule has 4 N–H and O–H groups in total. The number of nitrogens with two attached hydrogens (primary N) is 1. The van der Waals surface area contributed by atoms with E-state index in [-0.39, 0.29) is 10.8 Å². The number of carbonyl (C=O) groups is 1. The molecule has 0 amide bonds. The van der Waals surface area contributed by atoms with E-state index < -0.39 is 10.0 Å². The molecule has 3 rings (SSSR count). The molecule has 32 heavy (non-hydrogen) atoms. The molecule has 0 spiro atoms. The highest BCUT2D eigenvalue weighted by Crippen LogP contribution is 2.26. The van der Waals surface area contributed by atoms with E-state index in [0.29, 0.717) is 24.3 Å². The number of nitrogen functional groups attached to an aromatic ring is 1. The lowest BCUT2D eigenvalue weighted by Gasteiger charge is -2.20. The van der Waals surface area contributed by atoms with Gasteiger partial charge < -0.3 is 15.1 Å². The zero-order valence-corrected chi connectivity index (χ0v) is 19.1. The Morgan fingerprint density at radius 3 is 2.56 bits per heavy atom. The third kappa shape index (κ3) is 5.54. The summed E-state index contributed by atoms with van der Waals surface area (Å²) in [4.78, 5) is 19.3. The second-order valence-corrected chi connectivity index (χ2v) is 9.14. The smallest absolute Gasteiger partial charge is 0.264 e. The second-order valence-electron chi connectivity index (χ2n) is 7.45. The molecule has 0 saturated heterocycles. The maximum absolute atomic E-state index is 12.7. The molecule has 0 saturated carbocycles. The molecule has 2 heterocycles. The second kappa shape index (κ2) is 10.4. The molecule has 0 radical (unpaired) electrons. The highest BCUT2D eigenvalue weighted by molar-refractivity contribution is 7.92. The van der Waals surface area contributed by atoms with Crippen LogP contribution in [0.3, 0.4) is 0 Å². The Morgan fingerprint density at radius 2 is 1.88 bits per heavy atom. The number of anilines is 3. The van der Waals surface area contributed by atoms with Gasteiger partial charge in [0.2, 0.25) is 5.95 Å². The van der Waals surface area contributed by atoms with E-state index in [9.17, 15) is 13.2 Å². The summed E-state index contributed by atoms with van der Waals surface area (Å²) in [6.07, 6.45) is 6.90. The molecule has 172 valence electrons. The Hall–Kier alpha value is -3.18. The van der Waals surface area contributed by atoms with Crippen LogP contribution in [0.1, 0.15) is 32.1 Å². The van der Waals surface area contributed by atoms with Crippen molar-refractivity contribution in [2.75, 3.05) is 29.6 Å². The van der Waals surface area contributed by atoms with Crippen LogP contribution >= 0.6 is 0 Å². The van der Waals surface area contributed by atoms with Crippen molar-refractivity contribution < 1.29 is 13.2 Å². The molecule has 1 aromatic carbocycles. The van der Waals surface area contributed by atoms with E-state index >= 15 is 0 Å². The Kier molecular flexibility index (Phi) is 7.65. The number of aromatic nitrogens is 3. The van der Waals surface area contributed by atoms with Crippen molar-refractivity contribution in [2.24, 2.45) is 0 Å². The minimum Gasteiger partial charge on any atom is -0.399 e. The number of aryl methyl sites for hydroxylation is 1. The van der Waals surface area contributed by atoms with Crippen LogP contribution in [0.2, 0.25) is 0 Å².